The van der Waals surface area contributed by atoms with Crippen LogP contribution in [0.5, 0.6) is 0 Å². The fourth-order valence-corrected chi connectivity index (χ4v) is 2.50. The van der Waals surface area contributed by atoms with Crippen molar-refractivity contribution in [3.8, 4) is 0 Å². The van der Waals surface area contributed by atoms with Crippen molar-refractivity contribution in [2.75, 3.05) is 5.73 Å². The number of thiophene rings is 1. The first-order chi connectivity index (χ1) is 7.65. The minimum atomic E-state index is 0.580. The fourth-order valence-electron chi connectivity index (χ4n) is 1.57. The van der Waals surface area contributed by atoms with Gasteiger partial charge in [0, 0.05) is 11.1 Å². The average Bonchev–Trinajstić information content (AvgIpc) is 2.70. The van der Waals surface area contributed by atoms with Crippen LogP contribution >= 0.6 is 11.3 Å². The Morgan fingerprint density at radius 2 is 2.12 bits per heavy atom. The third kappa shape index (κ3) is 2.61. The lowest BCUT2D eigenvalue weighted by molar-refractivity contribution is 0.888. The van der Waals surface area contributed by atoms with Crippen LogP contribution in [0.4, 0.5) is 5.82 Å². The highest BCUT2D eigenvalue weighted by Gasteiger charge is 2.04. The van der Waals surface area contributed by atoms with Crippen molar-refractivity contribution in [1.82, 2.24) is 4.98 Å². The van der Waals surface area contributed by atoms with Gasteiger partial charge in [-0.2, -0.15) is 0 Å². The van der Waals surface area contributed by atoms with E-state index in [4.69, 9.17) is 5.73 Å². The summed E-state index contributed by atoms with van der Waals surface area (Å²) in [7, 11) is 0. The Morgan fingerprint density at radius 3 is 2.69 bits per heavy atom. The molecule has 2 aromatic heterocycles. The van der Waals surface area contributed by atoms with Gasteiger partial charge in [0.1, 0.15) is 5.82 Å². The molecular weight excluding hydrogens is 216 g/mol. The van der Waals surface area contributed by atoms with E-state index in [1.807, 2.05) is 29.7 Å². The molecule has 0 spiro atoms. The summed E-state index contributed by atoms with van der Waals surface area (Å²) in [5.74, 6) is 1.19. The highest BCUT2D eigenvalue weighted by Crippen LogP contribution is 2.24. The second-order valence-corrected chi connectivity index (χ2v) is 5.22. The Morgan fingerprint density at radius 1 is 1.31 bits per heavy atom. The van der Waals surface area contributed by atoms with E-state index in [1.54, 1.807) is 0 Å². The molecule has 0 saturated carbocycles. The molecule has 0 amide bonds. The molecule has 2 nitrogen and oxygen atoms in total. The maximum absolute atomic E-state index is 5.55. The summed E-state index contributed by atoms with van der Waals surface area (Å²) in [6, 6.07) is 6.17. The lowest BCUT2D eigenvalue weighted by atomic mass is 10.1. The smallest absolute Gasteiger partial charge is 0.123 e. The van der Waals surface area contributed by atoms with Crippen LogP contribution in [0.1, 0.15) is 35.8 Å². The summed E-state index contributed by atoms with van der Waals surface area (Å²) >= 11 is 1.83. The zero-order valence-corrected chi connectivity index (χ0v) is 10.4. The largest absolute Gasteiger partial charge is 0.384 e. The van der Waals surface area contributed by atoms with Gasteiger partial charge in [0.2, 0.25) is 0 Å². The minimum absolute atomic E-state index is 0.580. The molecule has 0 aliphatic carbocycles. The number of hydrogen-bond donors (Lipinski definition) is 1. The van der Waals surface area contributed by atoms with Gasteiger partial charge in [-0.3, -0.25) is 0 Å². The molecule has 84 valence electrons. The van der Waals surface area contributed by atoms with Gasteiger partial charge in [0.15, 0.2) is 0 Å². The molecule has 0 aromatic carbocycles. The summed E-state index contributed by atoms with van der Waals surface area (Å²) in [6.07, 6.45) is 2.79. The molecule has 2 aromatic rings. The molecule has 0 unspecified atom stereocenters. The Hall–Kier alpha value is -1.35. The van der Waals surface area contributed by atoms with Crippen molar-refractivity contribution in [2.45, 2.75) is 26.2 Å². The predicted molar refractivity (Wildman–Crippen MR) is 69.9 cm³/mol. The summed E-state index contributed by atoms with van der Waals surface area (Å²) in [6.45, 7) is 4.45. The molecule has 0 aliphatic rings. The first-order valence-electron chi connectivity index (χ1n) is 5.43. The first-order valence-corrected chi connectivity index (χ1v) is 6.31. The highest BCUT2D eigenvalue weighted by molar-refractivity contribution is 7.10. The van der Waals surface area contributed by atoms with E-state index >= 15 is 0 Å². The Bertz CT molecular complexity index is 457. The van der Waals surface area contributed by atoms with E-state index in [0.717, 1.165) is 6.42 Å². The number of nitrogen functional groups attached to an aromatic ring is 1. The second-order valence-electron chi connectivity index (χ2n) is 4.28. The Labute approximate surface area is 100 Å². The molecule has 2 heterocycles. The third-order valence-corrected chi connectivity index (χ3v) is 3.78. The van der Waals surface area contributed by atoms with Crippen LogP contribution in [-0.4, -0.2) is 4.98 Å². The quantitative estimate of drug-likeness (QED) is 0.880. The van der Waals surface area contributed by atoms with E-state index in [2.05, 4.69) is 30.3 Å². The standard InChI is InChI=1S/C13H16N2S/c1-9(2)12-6-11(8-16-12)5-10-3-4-13(14)15-7-10/h3-4,6-9H,5H2,1-2H3,(H2,14,15). The van der Waals surface area contributed by atoms with Gasteiger partial charge in [-0.15, -0.1) is 11.3 Å². The summed E-state index contributed by atoms with van der Waals surface area (Å²) in [4.78, 5) is 5.54. The lowest BCUT2D eigenvalue weighted by Gasteiger charge is -2.00. The maximum atomic E-state index is 5.55. The van der Waals surface area contributed by atoms with Gasteiger partial charge in [0.05, 0.1) is 0 Å². The van der Waals surface area contributed by atoms with E-state index < -0.39 is 0 Å². The zero-order chi connectivity index (χ0) is 11.5. The van der Waals surface area contributed by atoms with E-state index in [0.29, 0.717) is 11.7 Å². The number of nitrogens with two attached hydrogens (primary N) is 1. The topological polar surface area (TPSA) is 38.9 Å². The van der Waals surface area contributed by atoms with Crippen molar-refractivity contribution in [3.63, 3.8) is 0 Å². The van der Waals surface area contributed by atoms with Crippen molar-refractivity contribution in [2.24, 2.45) is 0 Å². The van der Waals surface area contributed by atoms with Gasteiger partial charge in [0.25, 0.3) is 0 Å². The fraction of sp³-hybridized carbons (Fsp3) is 0.308. The van der Waals surface area contributed by atoms with E-state index in [1.165, 1.54) is 16.0 Å². The van der Waals surface area contributed by atoms with Gasteiger partial charge in [-0.1, -0.05) is 19.9 Å². The van der Waals surface area contributed by atoms with Crippen LogP contribution in [0, 0.1) is 0 Å². The third-order valence-electron chi connectivity index (χ3n) is 2.50. The number of hydrogen-bond acceptors (Lipinski definition) is 3. The summed E-state index contributed by atoms with van der Waals surface area (Å²) in [5, 5.41) is 2.23. The maximum Gasteiger partial charge on any atom is 0.123 e. The van der Waals surface area contributed by atoms with Crippen LogP contribution in [-0.2, 0) is 6.42 Å². The van der Waals surface area contributed by atoms with Gasteiger partial charge in [-0.05, 0) is 41.0 Å². The van der Waals surface area contributed by atoms with Crippen LogP contribution < -0.4 is 5.73 Å². The van der Waals surface area contributed by atoms with Crippen LogP contribution in [0.25, 0.3) is 0 Å². The van der Waals surface area contributed by atoms with Crippen LogP contribution in [0.3, 0.4) is 0 Å². The molecule has 2 rings (SSSR count). The van der Waals surface area contributed by atoms with E-state index in [9.17, 15) is 0 Å². The number of nitrogens with zero attached hydrogens (tertiary/aromatic N) is 1. The van der Waals surface area contributed by atoms with Crippen molar-refractivity contribution in [3.05, 3.63) is 45.8 Å². The number of pyridine rings is 1. The molecule has 0 bridgehead atoms. The molecule has 0 saturated heterocycles. The second kappa shape index (κ2) is 4.66. The Balaban J connectivity index is 2.11. The number of anilines is 1. The van der Waals surface area contributed by atoms with Gasteiger partial charge >= 0.3 is 0 Å². The van der Waals surface area contributed by atoms with Crippen molar-refractivity contribution in [1.29, 1.82) is 0 Å². The lowest BCUT2D eigenvalue weighted by Crippen LogP contribution is -1.92. The molecule has 16 heavy (non-hydrogen) atoms. The normalized spacial score (nSPS) is 10.9. The summed E-state index contributed by atoms with van der Waals surface area (Å²) in [5.41, 5.74) is 8.13. The zero-order valence-electron chi connectivity index (χ0n) is 9.60. The summed E-state index contributed by atoms with van der Waals surface area (Å²) < 4.78 is 0. The van der Waals surface area contributed by atoms with Crippen molar-refractivity contribution >= 4 is 17.2 Å². The molecular formula is C13H16N2S. The monoisotopic (exact) mass is 232 g/mol. The van der Waals surface area contributed by atoms with E-state index in [-0.39, 0.29) is 0 Å². The molecule has 2 N–H and O–H groups in total. The van der Waals surface area contributed by atoms with Crippen LogP contribution in [0.15, 0.2) is 29.8 Å². The minimum Gasteiger partial charge on any atom is -0.384 e. The highest BCUT2D eigenvalue weighted by atomic mass is 32.1. The molecule has 0 atom stereocenters. The number of rotatable bonds is 3. The molecule has 3 heteroatoms. The molecule has 0 fully saturated rings. The molecule has 0 radical (unpaired) electrons. The van der Waals surface area contributed by atoms with Crippen LogP contribution in [0.2, 0.25) is 0 Å². The number of aromatic nitrogens is 1. The Kier molecular flexibility index (Phi) is 3.25. The van der Waals surface area contributed by atoms with Gasteiger partial charge < -0.3 is 5.73 Å². The average molecular weight is 232 g/mol. The molecule has 0 aliphatic heterocycles. The predicted octanol–water partition coefficient (Wildman–Crippen LogP) is 3.44. The first kappa shape index (κ1) is 11.1. The SMILES string of the molecule is CC(C)c1cc(Cc2ccc(N)nc2)cs1. The van der Waals surface area contributed by atoms with Gasteiger partial charge in [-0.25, -0.2) is 4.98 Å². The van der Waals surface area contributed by atoms with Crippen molar-refractivity contribution < 1.29 is 0 Å².